The van der Waals surface area contributed by atoms with Gasteiger partial charge in [0.2, 0.25) is 5.91 Å². The fourth-order valence-corrected chi connectivity index (χ4v) is 6.38. The Hall–Kier alpha value is -4.30. The molecule has 1 aliphatic carbocycles. The van der Waals surface area contributed by atoms with Gasteiger partial charge >= 0.3 is 0 Å². The third kappa shape index (κ3) is 5.72. The SMILES string of the molecule is COc1ccc(C2CC(C(=O)C[N+]34C=NC=C3C4C)CCC(C(=O)Nc3ccc(Oc4ccc(F)cc4)cc3)C2)cc1. The number of fused-ring (bicyclic) bond motifs is 1. The van der Waals surface area contributed by atoms with Crippen LogP contribution in [0, 0.1) is 17.7 Å². The van der Waals surface area contributed by atoms with Crippen LogP contribution in [0.4, 0.5) is 10.1 Å². The number of benzene rings is 3. The molecule has 2 aliphatic heterocycles. The van der Waals surface area contributed by atoms with Gasteiger partial charge in [-0.3, -0.25) is 9.59 Å². The van der Waals surface area contributed by atoms with Gasteiger partial charge in [0, 0.05) is 17.5 Å². The van der Waals surface area contributed by atoms with Crippen LogP contribution in [-0.2, 0) is 9.59 Å². The van der Waals surface area contributed by atoms with Crippen LogP contribution < -0.4 is 14.8 Å². The zero-order valence-corrected chi connectivity index (χ0v) is 23.8. The van der Waals surface area contributed by atoms with E-state index in [4.69, 9.17) is 9.47 Å². The molecule has 0 radical (unpaired) electrons. The fourth-order valence-electron chi connectivity index (χ4n) is 6.38. The van der Waals surface area contributed by atoms with Gasteiger partial charge in [0.25, 0.3) is 0 Å². The van der Waals surface area contributed by atoms with Crippen LogP contribution >= 0.6 is 0 Å². The number of anilines is 1. The van der Waals surface area contributed by atoms with Crippen LogP contribution in [0.3, 0.4) is 0 Å². The van der Waals surface area contributed by atoms with Gasteiger partial charge in [0.15, 0.2) is 23.9 Å². The van der Waals surface area contributed by atoms with E-state index in [1.54, 1.807) is 43.5 Å². The molecule has 1 saturated carbocycles. The Morgan fingerprint density at radius 2 is 1.52 bits per heavy atom. The van der Waals surface area contributed by atoms with Gasteiger partial charge in [0.1, 0.15) is 29.6 Å². The van der Waals surface area contributed by atoms with Crippen molar-refractivity contribution in [1.29, 1.82) is 0 Å². The molecule has 42 heavy (non-hydrogen) atoms. The molecule has 2 heterocycles. The molecular weight excluding hydrogens is 533 g/mol. The Morgan fingerprint density at radius 3 is 2.17 bits per heavy atom. The minimum absolute atomic E-state index is 0.0489. The first-order valence-corrected chi connectivity index (χ1v) is 14.5. The summed E-state index contributed by atoms with van der Waals surface area (Å²) in [5.41, 5.74) is 2.99. The Morgan fingerprint density at radius 1 is 0.905 bits per heavy atom. The Balaban J connectivity index is 1.14. The van der Waals surface area contributed by atoms with Crippen LogP contribution in [0.25, 0.3) is 0 Å². The first kappa shape index (κ1) is 27.8. The topological polar surface area (TPSA) is 77.0 Å². The number of carbonyl (C=O) groups is 2. The van der Waals surface area contributed by atoms with E-state index in [2.05, 4.69) is 17.2 Å². The lowest BCUT2D eigenvalue weighted by Crippen LogP contribution is -2.35. The molecule has 7 nitrogen and oxygen atoms in total. The van der Waals surface area contributed by atoms with Gasteiger partial charge in [-0.15, -0.1) is 0 Å². The summed E-state index contributed by atoms with van der Waals surface area (Å²) in [5.74, 6) is 1.49. The fraction of sp³-hybridized carbons (Fsp3) is 0.324. The Kier molecular flexibility index (Phi) is 7.64. The second-order valence-corrected chi connectivity index (χ2v) is 11.5. The van der Waals surface area contributed by atoms with Crippen molar-refractivity contribution in [3.8, 4) is 17.2 Å². The van der Waals surface area contributed by atoms with Crippen LogP contribution in [0.1, 0.15) is 44.1 Å². The molecule has 1 saturated heterocycles. The molecule has 3 aromatic carbocycles. The predicted octanol–water partition coefficient (Wildman–Crippen LogP) is 6.83. The van der Waals surface area contributed by atoms with Crippen LogP contribution in [-0.4, -0.2) is 42.2 Å². The summed E-state index contributed by atoms with van der Waals surface area (Å²) in [7, 11) is 1.64. The lowest BCUT2D eigenvalue weighted by atomic mass is 9.84. The predicted molar refractivity (Wildman–Crippen MR) is 159 cm³/mol. The van der Waals surface area contributed by atoms with Crippen molar-refractivity contribution in [2.24, 2.45) is 16.8 Å². The number of ether oxygens (including phenoxy) is 2. The highest BCUT2D eigenvalue weighted by molar-refractivity contribution is 5.93. The van der Waals surface area contributed by atoms with Gasteiger partial charge in [-0.2, -0.15) is 0 Å². The normalized spacial score (nSPS) is 26.0. The highest BCUT2D eigenvalue weighted by atomic mass is 19.1. The number of hydrogen-bond acceptors (Lipinski definition) is 5. The number of aliphatic imine (C=N–C) groups is 1. The van der Waals surface area contributed by atoms with Crippen molar-refractivity contribution in [2.75, 3.05) is 19.0 Å². The first-order valence-electron chi connectivity index (χ1n) is 14.5. The largest absolute Gasteiger partial charge is 0.497 e. The third-order valence-corrected chi connectivity index (χ3v) is 9.02. The van der Waals surface area contributed by atoms with E-state index in [-0.39, 0.29) is 35.3 Å². The van der Waals surface area contributed by atoms with E-state index in [1.165, 1.54) is 17.8 Å². The van der Waals surface area contributed by atoms with Crippen molar-refractivity contribution in [2.45, 2.75) is 44.6 Å². The molecule has 3 aliphatic rings. The summed E-state index contributed by atoms with van der Waals surface area (Å²) in [5, 5.41) is 3.07. The quantitative estimate of drug-likeness (QED) is 0.174. The van der Waals surface area contributed by atoms with E-state index < -0.39 is 0 Å². The number of amides is 1. The number of hydrogen-bond donors (Lipinski definition) is 1. The van der Waals surface area contributed by atoms with Crippen molar-refractivity contribution in [1.82, 2.24) is 0 Å². The summed E-state index contributed by atoms with van der Waals surface area (Å²) in [6.07, 6.45) is 6.48. The second-order valence-electron chi connectivity index (χ2n) is 11.5. The molecule has 0 bridgehead atoms. The molecule has 1 N–H and O–H groups in total. The van der Waals surface area contributed by atoms with Gasteiger partial charge in [-0.25, -0.2) is 13.9 Å². The van der Waals surface area contributed by atoms with Gasteiger partial charge in [-0.05, 0) is 105 Å². The zero-order chi connectivity index (χ0) is 29.3. The lowest BCUT2D eigenvalue weighted by molar-refractivity contribution is -0.675. The Labute approximate surface area is 245 Å². The number of carbonyl (C=O) groups excluding carboxylic acids is 2. The number of halogens is 1. The van der Waals surface area contributed by atoms with Gasteiger partial charge in [0.05, 0.1) is 13.3 Å². The Bertz CT molecular complexity index is 1520. The maximum atomic E-state index is 13.7. The molecular formula is C34H35FN3O4+. The molecule has 2 fully saturated rings. The van der Waals surface area contributed by atoms with Crippen molar-refractivity contribution < 1.29 is 27.9 Å². The van der Waals surface area contributed by atoms with E-state index >= 15 is 0 Å². The summed E-state index contributed by atoms with van der Waals surface area (Å²) in [6, 6.07) is 21.2. The number of quaternary nitrogens is 1. The summed E-state index contributed by atoms with van der Waals surface area (Å²) < 4.78 is 24.9. The molecule has 5 unspecified atom stereocenters. The standard InChI is InChI=1S/C34H34FN3O4/c1-22-32-19-36-21-38(22,32)20-33(39)24-3-4-25(18-26(17-24)23-5-11-29(41-2)12-6-23)34(40)37-28-9-15-31(16-10-28)42-30-13-7-27(35)8-14-30/h5-16,19,21-22,24-26H,3-4,17-18,20H2,1-2H3/p+1. The molecule has 3 aromatic rings. The van der Waals surface area contributed by atoms with E-state index in [1.807, 2.05) is 36.8 Å². The first-order chi connectivity index (χ1) is 20.3. The van der Waals surface area contributed by atoms with Crippen LogP contribution in [0.2, 0.25) is 0 Å². The van der Waals surface area contributed by atoms with E-state index in [9.17, 15) is 14.0 Å². The van der Waals surface area contributed by atoms with E-state index in [0.717, 1.165) is 17.7 Å². The van der Waals surface area contributed by atoms with Crippen molar-refractivity contribution in [3.05, 3.63) is 96.1 Å². The minimum Gasteiger partial charge on any atom is -0.497 e. The average molecular weight is 569 g/mol. The van der Waals surface area contributed by atoms with Crippen molar-refractivity contribution >= 4 is 23.7 Å². The monoisotopic (exact) mass is 568 g/mol. The van der Waals surface area contributed by atoms with Gasteiger partial charge < -0.3 is 14.8 Å². The zero-order valence-electron chi connectivity index (χ0n) is 23.8. The summed E-state index contributed by atoms with van der Waals surface area (Å²) >= 11 is 0. The molecule has 216 valence electrons. The average Bonchev–Trinajstić information content (AvgIpc) is 3.40. The summed E-state index contributed by atoms with van der Waals surface area (Å²) in [6.45, 7) is 2.57. The minimum atomic E-state index is -0.324. The smallest absolute Gasteiger partial charge is 0.227 e. The number of methoxy groups -OCH3 is 1. The van der Waals surface area contributed by atoms with Crippen LogP contribution in [0.5, 0.6) is 17.2 Å². The number of ketones is 1. The van der Waals surface area contributed by atoms with E-state index in [0.29, 0.717) is 53.5 Å². The number of rotatable bonds is 9. The second kappa shape index (κ2) is 11.5. The molecule has 0 aromatic heterocycles. The van der Waals surface area contributed by atoms with Gasteiger partial charge in [-0.1, -0.05) is 12.1 Å². The number of nitrogens with one attached hydrogen (secondary N) is 1. The molecule has 5 atom stereocenters. The molecule has 8 heteroatoms. The third-order valence-electron chi connectivity index (χ3n) is 9.02. The molecule has 0 spiro atoms. The number of Topliss-reactive ketones (excluding diaryl/α,β-unsaturated/α-hetero) is 1. The molecule has 6 rings (SSSR count). The highest BCUT2D eigenvalue weighted by Gasteiger charge is 2.62. The summed E-state index contributed by atoms with van der Waals surface area (Å²) in [4.78, 5) is 31.5. The maximum absolute atomic E-state index is 13.7. The maximum Gasteiger partial charge on any atom is 0.227 e. The molecule has 1 amide bonds. The van der Waals surface area contributed by atoms with Crippen LogP contribution in [0.15, 0.2) is 89.7 Å². The van der Waals surface area contributed by atoms with Crippen molar-refractivity contribution in [3.63, 3.8) is 0 Å². The number of nitrogens with zero attached hydrogens (tertiary/aromatic N) is 2. The lowest BCUT2D eigenvalue weighted by Gasteiger charge is -2.22. The highest BCUT2D eigenvalue weighted by Crippen LogP contribution is 2.46.